The lowest BCUT2D eigenvalue weighted by Gasteiger charge is -2.14. The third kappa shape index (κ3) is 4.77. The van der Waals surface area contributed by atoms with Crippen LogP contribution in [-0.4, -0.2) is 25.3 Å². The SMILES string of the molecule is CCCCOC(F)(F)C(=O)OCC. The van der Waals surface area contributed by atoms with Gasteiger partial charge in [-0.15, -0.1) is 0 Å². The summed E-state index contributed by atoms with van der Waals surface area (Å²) in [6.45, 7) is 3.08. The van der Waals surface area contributed by atoms with E-state index in [1.54, 1.807) is 0 Å². The molecule has 0 amide bonds. The fraction of sp³-hybridized carbons (Fsp3) is 0.875. The molecule has 0 N–H and O–H groups in total. The Hall–Kier alpha value is -0.710. The summed E-state index contributed by atoms with van der Waals surface area (Å²) < 4.78 is 33.5. The molecule has 0 atom stereocenters. The first-order valence-electron chi connectivity index (χ1n) is 4.23. The van der Waals surface area contributed by atoms with Crippen LogP contribution in [0.1, 0.15) is 26.7 Å². The molecule has 0 aliphatic carbocycles. The first-order valence-corrected chi connectivity index (χ1v) is 4.23. The lowest BCUT2D eigenvalue weighted by atomic mass is 10.4. The van der Waals surface area contributed by atoms with E-state index in [1.807, 2.05) is 6.92 Å². The summed E-state index contributed by atoms with van der Waals surface area (Å²) in [6, 6.07) is 0. The van der Waals surface area contributed by atoms with Crippen molar-refractivity contribution in [3.8, 4) is 0 Å². The molecule has 0 radical (unpaired) electrons. The van der Waals surface area contributed by atoms with Crippen LogP contribution in [0.3, 0.4) is 0 Å². The summed E-state index contributed by atoms with van der Waals surface area (Å²) in [7, 11) is 0. The van der Waals surface area contributed by atoms with Crippen molar-refractivity contribution < 1.29 is 23.0 Å². The largest absolute Gasteiger partial charge is 0.460 e. The lowest BCUT2D eigenvalue weighted by Crippen LogP contribution is -2.34. The number of hydrogen-bond acceptors (Lipinski definition) is 3. The van der Waals surface area contributed by atoms with Gasteiger partial charge in [-0.2, -0.15) is 8.78 Å². The van der Waals surface area contributed by atoms with Crippen molar-refractivity contribution >= 4 is 5.97 Å². The fourth-order valence-corrected chi connectivity index (χ4v) is 0.619. The van der Waals surface area contributed by atoms with Crippen molar-refractivity contribution in [2.75, 3.05) is 13.2 Å². The normalized spacial score (nSPS) is 11.4. The molecule has 0 saturated heterocycles. The van der Waals surface area contributed by atoms with Gasteiger partial charge in [-0.1, -0.05) is 13.3 Å². The second-order valence-electron chi connectivity index (χ2n) is 2.44. The summed E-state index contributed by atoms with van der Waals surface area (Å²) in [5, 5.41) is 0. The zero-order valence-corrected chi connectivity index (χ0v) is 7.81. The average molecular weight is 196 g/mol. The Balaban J connectivity index is 3.83. The van der Waals surface area contributed by atoms with Gasteiger partial charge in [0.2, 0.25) is 0 Å². The minimum Gasteiger partial charge on any atom is -0.460 e. The van der Waals surface area contributed by atoms with Crippen LogP contribution in [0.2, 0.25) is 0 Å². The van der Waals surface area contributed by atoms with Crippen molar-refractivity contribution in [2.24, 2.45) is 0 Å². The first-order chi connectivity index (χ1) is 6.04. The number of carbonyl (C=O) groups excluding carboxylic acids is 1. The highest BCUT2D eigenvalue weighted by Gasteiger charge is 2.42. The third-order valence-corrected chi connectivity index (χ3v) is 1.29. The van der Waals surface area contributed by atoms with E-state index in [-0.39, 0.29) is 13.2 Å². The zero-order valence-electron chi connectivity index (χ0n) is 7.81. The van der Waals surface area contributed by atoms with Crippen LogP contribution in [0.25, 0.3) is 0 Å². The molecule has 0 rings (SSSR count). The molecule has 0 fully saturated rings. The summed E-state index contributed by atoms with van der Waals surface area (Å²) in [6.07, 6.45) is -2.57. The van der Waals surface area contributed by atoms with Gasteiger partial charge in [0.05, 0.1) is 13.2 Å². The van der Waals surface area contributed by atoms with E-state index in [0.29, 0.717) is 6.42 Å². The Morgan fingerprint density at radius 2 is 2.00 bits per heavy atom. The van der Waals surface area contributed by atoms with Gasteiger partial charge in [-0.25, -0.2) is 4.79 Å². The monoisotopic (exact) mass is 196 g/mol. The summed E-state index contributed by atoms with van der Waals surface area (Å²) >= 11 is 0. The van der Waals surface area contributed by atoms with Gasteiger partial charge < -0.3 is 9.47 Å². The van der Waals surface area contributed by atoms with Gasteiger partial charge >= 0.3 is 12.1 Å². The summed E-state index contributed by atoms with van der Waals surface area (Å²) in [5.41, 5.74) is 0. The second kappa shape index (κ2) is 5.85. The van der Waals surface area contributed by atoms with Crippen molar-refractivity contribution in [1.29, 1.82) is 0 Å². The predicted octanol–water partition coefficient (Wildman–Crippen LogP) is 1.96. The Morgan fingerprint density at radius 1 is 1.38 bits per heavy atom. The van der Waals surface area contributed by atoms with Gasteiger partial charge in [0.25, 0.3) is 0 Å². The molecule has 78 valence electrons. The molecule has 5 heteroatoms. The minimum absolute atomic E-state index is 0.0778. The quantitative estimate of drug-likeness (QED) is 0.481. The van der Waals surface area contributed by atoms with Crippen molar-refractivity contribution in [1.82, 2.24) is 0 Å². The number of halogens is 2. The fourth-order valence-electron chi connectivity index (χ4n) is 0.619. The molecule has 13 heavy (non-hydrogen) atoms. The van der Waals surface area contributed by atoms with Crippen molar-refractivity contribution in [3.05, 3.63) is 0 Å². The smallest absolute Gasteiger partial charge is 0.456 e. The molecule has 0 bridgehead atoms. The van der Waals surface area contributed by atoms with Crippen LogP contribution in [0, 0.1) is 0 Å². The van der Waals surface area contributed by atoms with E-state index in [9.17, 15) is 13.6 Å². The van der Waals surface area contributed by atoms with Crippen LogP contribution < -0.4 is 0 Å². The molecule has 0 aromatic carbocycles. The van der Waals surface area contributed by atoms with Crippen LogP contribution >= 0.6 is 0 Å². The maximum atomic E-state index is 12.6. The van der Waals surface area contributed by atoms with Gasteiger partial charge in [-0.3, -0.25) is 0 Å². The summed E-state index contributed by atoms with van der Waals surface area (Å²) in [4.78, 5) is 10.6. The molecule has 0 spiro atoms. The molecular formula is C8H14F2O3. The summed E-state index contributed by atoms with van der Waals surface area (Å²) in [5.74, 6) is -1.62. The molecule has 0 saturated carbocycles. The standard InChI is InChI=1S/C8H14F2O3/c1-3-5-6-13-8(9,10)7(11)12-4-2/h3-6H2,1-2H3. The van der Waals surface area contributed by atoms with Crippen LogP contribution in [0.5, 0.6) is 0 Å². The van der Waals surface area contributed by atoms with Gasteiger partial charge in [0.15, 0.2) is 0 Å². The maximum Gasteiger partial charge on any atom is 0.456 e. The Labute approximate surface area is 76.0 Å². The lowest BCUT2D eigenvalue weighted by molar-refractivity contribution is -0.249. The third-order valence-electron chi connectivity index (χ3n) is 1.29. The molecular weight excluding hydrogens is 182 g/mol. The van der Waals surface area contributed by atoms with Crippen molar-refractivity contribution in [3.63, 3.8) is 0 Å². The molecule has 0 aliphatic heterocycles. The van der Waals surface area contributed by atoms with E-state index in [1.165, 1.54) is 6.92 Å². The molecule has 0 unspecified atom stereocenters. The molecule has 0 aromatic rings. The minimum atomic E-state index is -3.80. The van der Waals surface area contributed by atoms with Crippen molar-refractivity contribution in [2.45, 2.75) is 32.8 Å². The average Bonchev–Trinajstić information content (AvgIpc) is 2.05. The molecule has 0 aromatic heterocycles. The van der Waals surface area contributed by atoms with E-state index in [0.717, 1.165) is 6.42 Å². The number of ether oxygens (including phenoxy) is 2. The van der Waals surface area contributed by atoms with E-state index in [2.05, 4.69) is 9.47 Å². The zero-order chi connectivity index (χ0) is 10.3. The Kier molecular flexibility index (Phi) is 5.53. The van der Waals surface area contributed by atoms with Gasteiger partial charge in [-0.05, 0) is 13.3 Å². The Bertz CT molecular complexity index is 159. The number of carbonyl (C=O) groups is 1. The Morgan fingerprint density at radius 3 is 2.46 bits per heavy atom. The first kappa shape index (κ1) is 12.3. The molecule has 0 heterocycles. The van der Waals surface area contributed by atoms with E-state index in [4.69, 9.17) is 0 Å². The molecule has 3 nitrogen and oxygen atoms in total. The topological polar surface area (TPSA) is 35.5 Å². The van der Waals surface area contributed by atoms with Crippen LogP contribution in [-0.2, 0) is 14.3 Å². The van der Waals surface area contributed by atoms with Gasteiger partial charge in [0, 0.05) is 0 Å². The number of hydrogen-bond donors (Lipinski definition) is 0. The van der Waals surface area contributed by atoms with E-state index >= 15 is 0 Å². The predicted molar refractivity (Wildman–Crippen MR) is 42.4 cm³/mol. The second-order valence-corrected chi connectivity index (χ2v) is 2.44. The number of alkyl halides is 2. The number of rotatable bonds is 6. The number of esters is 1. The van der Waals surface area contributed by atoms with Crippen LogP contribution in [0.4, 0.5) is 8.78 Å². The highest BCUT2D eigenvalue weighted by molar-refractivity contribution is 5.75. The number of unbranched alkanes of at least 4 members (excludes halogenated alkanes) is 1. The van der Waals surface area contributed by atoms with E-state index < -0.39 is 12.1 Å². The maximum absolute atomic E-state index is 12.6. The van der Waals surface area contributed by atoms with Gasteiger partial charge in [0.1, 0.15) is 0 Å². The van der Waals surface area contributed by atoms with Crippen LogP contribution in [0.15, 0.2) is 0 Å². The highest BCUT2D eigenvalue weighted by atomic mass is 19.3. The molecule has 0 aliphatic rings. The highest BCUT2D eigenvalue weighted by Crippen LogP contribution is 2.17.